The Hall–Kier alpha value is -0.900. The topological polar surface area (TPSA) is 30.5 Å². The highest BCUT2D eigenvalue weighted by Crippen LogP contribution is 2.24. The molecule has 0 aliphatic heterocycles. The second-order valence-corrected chi connectivity index (χ2v) is 4.16. The van der Waals surface area contributed by atoms with E-state index < -0.39 is 0 Å². The van der Waals surface area contributed by atoms with Gasteiger partial charge in [0.1, 0.15) is 0 Å². The number of nitrogens with one attached hydrogen (secondary N) is 1. The summed E-state index contributed by atoms with van der Waals surface area (Å²) in [6.07, 6.45) is -0.268. The number of methoxy groups -OCH3 is 2. The average molecular weight is 237 g/mol. The molecule has 96 valence electrons. The quantitative estimate of drug-likeness (QED) is 0.771. The smallest absolute Gasteiger partial charge is 0.176 e. The Morgan fingerprint density at radius 3 is 2.35 bits per heavy atom. The monoisotopic (exact) mass is 237 g/mol. The summed E-state index contributed by atoms with van der Waals surface area (Å²) in [5.74, 6) is 0. The Bertz CT molecular complexity index is 348. The zero-order valence-electron chi connectivity index (χ0n) is 11.4. The molecule has 0 aromatic heterocycles. The van der Waals surface area contributed by atoms with Gasteiger partial charge in [-0.25, -0.2) is 0 Å². The molecule has 1 aromatic rings. The fourth-order valence-corrected chi connectivity index (χ4v) is 2.05. The van der Waals surface area contributed by atoms with Gasteiger partial charge in [-0.15, -0.1) is 0 Å². The maximum absolute atomic E-state index is 5.38. The molecule has 0 radical (unpaired) electrons. The van der Waals surface area contributed by atoms with Crippen molar-refractivity contribution in [2.75, 3.05) is 20.8 Å². The van der Waals surface area contributed by atoms with Crippen LogP contribution >= 0.6 is 0 Å². The maximum Gasteiger partial charge on any atom is 0.176 e. The number of ether oxygens (including phenoxy) is 2. The minimum absolute atomic E-state index is 0.0647. The first-order valence-electron chi connectivity index (χ1n) is 6.00. The molecule has 3 nitrogen and oxygen atoms in total. The molecule has 0 fully saturated rings. The fourth-order valence-electron chi connectivity index (χ4n) is 2.05. The summed E-state index contributed by atoms with van der Waals surface area (Å²) >= 11 is 0. The Kier molecular flexibility index (Phi) is 5.62. The highest BCUT2D eigenvalue weighted by Gasteiger charge is 2.23. The van der Waals surface area contributed by atoms with E-state index in [4.69, 9.17) is 9.47 Å². The van der Waals surface area contributed by atoms with Crippen LogP contribution in [0.3, 0.4) is 0 Å². The molecular weight excluding hydrogens is 214 g/mol. The molecule has 1 unspecified atom stereocenters. The SMILES string of the molecule is CCNC(c1cccc(C)c1C)C(OC)OC. The number of rotatable bonds is 6. The van der Waals surface area contributed by atoms with E-state index in [0.29, 0.717) is 0 Å². The summed E-state index contributed by atoms with van der Waals surface area (Å²) < 4.78 is 10.8. The van der Waals surface area contributed by atoms with Crippen molar-refractivity contribution in [3.8, 4) is 0 Å². The van der Waals surface area contributed by atoms with Crippen molar-refractivity contribution in [3.63, 3.8) is 0 Å². The molecule has 1 atom stereocenters. The van der Waals surface area contributed by atoms with Crippen LogP contribution in [0, 0.1) is 13.8 Å². The molecule has 1 aromatic carbocycles. The van der Waals surface area contributed by atoms with Gasteiger partial charge in [0.25, 0.3) is 0 Å². The summed E-state index contributed by atoms with van der Waals surface area (Å²) in [6.45, 7) is 7.22. The molecule has 0 heterocycles. The molecule has 1 rings (SSSR count). The van der Waals surface area contributed by atoms with Gasteiger partial charge in [-0.3, -0.25) is 0 Å². The molecule has 0 bridgehead atoms. The number of hydrogen-bond donors (Lipinski definition) is 1. The number of benzene rings is 1. The lowest BCUT2D eigenvalue weighted by atomic mass is 9.97. The van der Waals surface area contributed by atoms with Crippen LogP contribution in [0.25, 0.3) is 0 Å². The first kappa shape index (κ1) is 14.2. The highest BCUT2D eigenvalue weighted by atomic mass is 16.7. The van der Waals surface area contributed by atoms with E-state index in [1.807, 2.05) is 0 Å². The molecule has 0 aliphatic carbocycles. The second kappa shape index (κ2) is 6.74. The second-order valence-electron chi connectivity index (χ2n) is 4.16. The zero-order valence-corrected chi connectivity index (χ0v) is 11.4. The third-order valence-electron chi connectivity index (χ3n) is 3.14. The number of aryl methyl sites for hydroxylation is 1. The Balaban J connectivity index is 3.08. The van der Waals surface area contributed by atoms with Crippen molar-refractivity contribution >= 4 is 0 Å². The fraction of sp³-hybridized carbons (Fsp3) is 0.571. The van der Waals surface area contributed by atoms with Gasteiger partial charge < -0.3 is 14.8 Å². The van der Waals surface area contributed by atoms with Gasteiger partial charge >= 0.3 is 0 Å². The summed E-state index contributed by atoms with van der Waals surface area (Å²) in [6, 6.07) is 6.39. The lowest BCUT2D eigenvalue weighted by molar-refractivity contribution is -0.124. The van der Waals surface area contributed by atoms with E-state index in [1.165, 1.54) is 16.7 Å². The normalized spacial score (nSPS) is 13.1. The highest BCUT2D eigenvalue weighted by molar-refractivity contribution is 5.35. The van der Waals surface area contributed by atoms with Crippen LogP contribution in [0.15, 0.2) is 18.2 Å². The predicted molar refractivity (Wildman–Crippen MR) is 70.1 cm³/mol. The summed E-state index contributed by atoms with van der Waals surface area (Å²) in [5.41, 5.74) is 3.81. The maximum atomic E-state index is 5.38. The zero-order chi connectivity index (χ0) is 12.8. The lowest BCUT2D eigenvalue weighted by Gasteiger charge is -2.27. The molecule has 0 amide bonds. The first-order chi connectivity index (χ1) is 8.15. The largest absolute Gasteiger partial charge is 0.354 e. The molecule has 0 saturated carbocycles. The molecule has 0 aliphatic rings. The average Bonchev–Trinajstić information content (AvgIpc) is 2.33. The minimum atomic E-state index is -0.268. The van der Waals surface area contributed by atoms with Crippen LogP contribution in [0.2, 0.25) is 0 Å². The summed E-state index contributed by atoms with van der Waals surface area (Å²) in [7, 11) is 3.34. The van der Waals surface area contributed by atoms with Gasteiger partial charge in [0.05, 0.1) is 6.04 Å². The first-order valence-corrected chi connectivity index (χ1v) is 6.00. The van der Waals surface area contributed by atoms with Crippen molar-refractivity contribution < 1.29 is 9.47 Å². The van der Waals surface area contributed by atoms with E-state index in [-0.39, 0.29) is 12.3 Å². The van der Waals surface area contributed by atoms with Crippen LogP contribution < -0.4 is 5.32 Å². The van der Waals surface area contributed by atoms with Crippen molar-refractivity contribution in [2.45, 2.75) is 33.1 Å². The molecule has 17 heavy (non-hydrogen) atoms. The summed E-state index contributed by atoms with van der Waals surface area (Å²) in [5, 5.41) is 3.42. The van der Waals surface area contributed by atoms with E-state index >= 15 is 0 Å². The van der Waals surface area contributed by atoms with Crippen molar-refractivity contribution in [1.82, 2.24) is 5.32 Å². The van der Waals surface area contributed by atoms with Gasteiger partial charge in [0.15, 0.2) is 6.29 Å². The van der Waals surface area contributed by atoms with E-state index in [0.717, 1.165) is 6.54 Å². The molecule has 1 N–H and O–H groups in total. The standard InChI is InChI=1S/C14H23NO2/c1-6-15-13(14(16-4)17-5)12-9-7-8-10(2)11(12)3/h7-9,13-15H,6H2,1-5H3. The number of hydrogen-bond acceptors (Lipinski definition) is 3. The van der Waals surface area contributed by atoms with Crippen molar-refractivity contribution in [1.29, 1.82) is 0 Å². The minimum Gasteiger partial charge on any atom is -0.354 e. The van der Waals surface area contributed by atoms with Crippen LogP contribution in [-0.4, -0.2) is 27.1 Å². The van der Waals surface area contributed by atoms with Crippen molar-refractivity contribution in [3.05, 3.63) is 34.9 Å². The Morgan fingerprint density at radius 2 is 1.82 bits per heavy atom. The number of likely N-dealkylation sites (N-methyl/N-ethyl adjacent to an activating group) is 1. The molecule has 3 heteroatoms. The van der Waals surface area contributed by atoms with Crippen LogP contribution in [0.1, 0.15) is 29.7 Å². The molecular formula is C14H23NO2. The summed E-state index contributed by atoms with van der Waals surface area (Å²) in [4.78, 5) is 0. The Labute approximate surface area is 104 Å². The third kappa shape index (κ3) is 3.28. The molecule has 0 spiro atoms. The van der Waals surface area contributed by atoms with Gasteiger partial charge in [0, 0.05) is 14.2 Å². The van der Waals surface area contributed by atoms with E-state index in [9.17, 15) is 0 Å². The van der Waals surface area contributed by atoms with Gasteiger partial charge in [0.2, 0.25) is 0 Å². The van der Waals surface area contributed by atoms with Gasteiger partial charge in [-0.05, 0) is 37.1 Å². The predicted octanol–water partition coefficient (Wildman–Crippen LogP) is 2.57. The van der Waals surface area contributed by atoms with Crippen LogP contribution in [0.4, 0.5) is 0 Å². The lowest BCUT2D eigenvalue weighted by Crippen LogP contribution is -2.35. The third-order valence-corrected chi connectivity index (χ3v) is 3.14. The Morgan fingerprint density at radius 1 is 1.18 bits per heavy atom. The van der Waals surface area contributed by atoms with Crippen LogP contribution in [-0.2, 0) is 9.47 Å². The van der Waals surface area contributed by atoms with Gasteiger partial charge in [-0.2, -0.15) is 0 Å². The van der Waals surface area contributed by atoms with Gasteiger partial charge in [-0.1, -0.05) is 25.1 Å². The van der Waals surface area contributed by atoms with Crippen LogP contribution in [0.5, 0.6) is 0 Å². The molecule has 0 saturated heterocycles. The van der Waals surface area contributed by atoms with E-state index in [2.05, 4.69) is 44.3 Å². The van der Waals surface area contributed by atoms with Crippen molar-refractivity contribution in [2.24, 2.45) is 0 Å². The van der Waals surface area contributed by atoms with E-state index in [1.54, 1.807) is 14.2 Å².